The fraction of sp³-hybridized carbons (Fsp3) is 0.273. The van der Waals surface area contributed by atoms with Crippen LogP contribution in [-0.2, 0) is 0 Å². The summed E-state index contributed by atoms with van der Waals surface area (Å²) in [5.74, 6) is 0.832. The molecule has 0 bridgehead atoms. The number of likely N-dealkylation sites (tertiary alicyclic amines) is 1. The van der Waals surface area contributed by atoms with Crippen molar-refractivity contribution in [2.75, 3.05) is 13.1 Å². The molecule has 3 aromatic rings. The summed E-state index contributed by atoms with van der Waals surface area (Å²) in [6.07, 6.45) is 2.57. The SMILES string of the molecule is Cc1cc(OC2CCN(C(=O)O)CC2)ccc1-c1cnc2ccccc2c1. The first-order valence-corrected chi connectivity index (χ1v) is 9.20. The minimum atomic E-state index is -0.849. The average molecular weight is 362 g/mol. The first-order valence-electron chi connectivity index (χ1n) is 9.20. The Hall–Kier alpha value is -3.08. The molecule has 0 aliphatic carbocycles. The van der Waals surface area contributed by atoms with Crippen LogP contribution in [0.5, 0.6) is 5.75 Å². The second kappa shape index (κ2) is 7.27. The number of piperidine rings is 1. The quantitative estimate of drug-likeness (QED) is 0.731. The molecule has 138 valence electrons. The monoisotopic (exact) mass is 362 g/mol. The van der Waals surface area contributed by atoms with Crippen LogP contribution < -0.4 is 4.74 Å². The van der Waals surface area contributed by atoms with Crippen LogP contribution in [-0.4, -0.2) is 40.3 Å². The third-order valence-corrected chi connectivity index (χ3v) is 5.11. The molecule has 1 aliphatic rings. The molecule has 2 aromatic carbocycles. The van der Waals surface area contributed by atoms with E-state index in [-0.39, 0.29) is 6.10 Å². The highest BCUT2D eigenvalue weighted by Gasteiger charge is 2.23. The molecule has 1 fully saturated rings. The van der Waals surface area contributed by atoms with Crippen molar-refractivity contribution in [3.05, 3.63) is 60.3 Å². The van der Waals surface area contributed by atoms with Gasteiger partial charge in [0.1, 0.15) is 11.9 Å². The van der Waals surface area contributed by atoms with Crippen molar-refractivity contribution in [1.29, 1.82) is 0 Å². The molecule has 0 radical (unpaired) electrons. The molecule has 1 amide bonds. The molecule has 2 heterocycles. The van der Waals surface area contributed by atoms with Gasteiger partial charge in [0.2, 0.25) is 0 Å². The van der Waals surface area contributed by atoms with Gasteiger partial charge < -0.3 is 14.7 Å². The molecule has 1 aliphatic heterocycles. The fourth-order valence-corrected chi connectivity index (χ4v) is 3.61. The first-order chi connectivity index (χ1) is 13.1. The zero-order valence-corrected chi connectivity index (χ0v) is 15.3. The summed E-state index contributed by atoms with van der Waals surface area (Å²) in [5, 5.41) is 10.2. The van der Waals surface area contributed by atoms with Crippen molar-refractivity contribution < 1.29 is 14.6 Å². The standard InChI is InChI=1S/C22H22N2O3/c1-15-12-19(27-18-8-10-24(11-9-18)22(25)26)6-7-20(15)17-13-16-4-2-3-5-21(16)23-14-17/h2-7,12-14,18H,8-11H2,1H3,(H,25,26). The Morgan fingerprint density at radius 3 is 2.67 bits per heavy atom. The number of pyridine rings is 1. The van der Waals surface area contributed by atoms with Crippen LogP contribution in [0.4, 0.5) is 4.79 Å². The third kappa shape index (κ3) is 3.72. The highest BCUT2D eigenvalue weighted by atomic mass is 16.5. The highest BCUT2D eigenvalue weighted by molar-refractivity contribution is 5.84. The number of benzene rings is 2. The van der Waals surface area contributed by atoms with E-state index in [1.807, 2.05) is 36.5 Å². The highest BCUT2D eigenvalue weighted by Crippen LogP contribution is 2.29. The lowest BCUT2D eigenvalue weighted by Gasteiger charge is -2.30. The van der Waals surface area contributed by atoms with E-state index in [0.717, 1.165) is 46.2 Å². The number of rotatable bonds is 3. The number of carboxylic acid groups (broad SMARTS) is 1. The van der Waals surface area contributed by atoms with Gasteiger partial charge in [-0.3, -0.25) is 4.98 Å². The van der Waals surface area contributed by atoms with Crippen LogP contribution in [0.25, 0.3) is 22.0 Å². The molecule has 0 spiro atoms. The number of ether oxygens (including phenoxy) is 1. The van der Waals surface area contributed by atoms with E-state index in [4.69, 9.17) is 9.84 Å². The number of para-hydroxylation sites is 1. The van der Waals surface area contributed by atoms with Crippen LogP contribution in [0.2, 0.25) is 0 Å². The molecule has 1 aromatic heterocycles. The Bertz CT molecular complexity index is 978. The maximum absolute atomic E-state index is 11.0. The molecular weight excluding hydrogens is 340 g/mol. The molecule has 4 rings (SSSR count). The smallest absolute Gasteiger partial charge is 0.407 e. The number of carbonyl (C=O) groups is 1. The maximum Gasteiger partial charge on any atom is 0.407 e. The van der Waals surface area contributed by atoms with Gasteiger partial charge in [-0.15, -0.1) is 0 Å². The lowest BCUT2D eigenvalue weighted by atomic mass is 10.0. The second-order valence-corrected chi connectivity index (χ2v) is 6.98. The molecule has 0 atom stereocenters. The molecular formula is C22H22N2O3. The van der Waals surface area contributed by atoms with E-state index in [1.54, 1.807) is 0 Å². The second-order valence-electron chi connectivity index (χ2n) is 6.98. The molecule has 1 N–H and O–H groups in total. The number of amides is 1. The summed E-state index contributed by atoms with van der Waals surface area (Å²) < 4.78 is 6.09. The Labute approximate surface area is 158 Å². The Morgan fingerprint density at radius 1 is 1.15 bits per heavy atom. The largest absolute Gasteiger partial charge is 0.490 e. The van der Waals surface area contributed by atoms with Crippen LogP contribution in [0.3, 0.4) is 0 Å². The predicted molar refractivity (Wildman–Crippen MR) is 105 cm³/mol. The number of aryl methyl sites for hydroxylation is 1. The van der Waals surface area contributed by atoms with Gasteiger partial charge in [-0.05, 0) is 42.3 Å². The summed E-state index contributed by atoms with van der Waals surface area (Å²) in [6.45, 7) is 3.13. The number of nitrogens with zero attached hydrogens (tertiary/aromatic N) is 2. The van der Waals surface area contributed by atoms with E-state index in [2.05, 4.69) is 30.1 Å². The van der Waals surface area contributed by atoms with Crippen molar-refractivity contribution in [2.24, 2.45) is 0 Å². The maximum atomic E-state index is 11.0. The van der Waals surface area contributed by atoms with Crippen molar-refractivity contribution in [3.8, 4) is 16.9 Å². The zero-order chi connectivity index (χ0) is 18.8. The van der Waals surface area contributed by atoms with Crippen molar-refractivity contribution >= 4 is 17.0 Å². The van der Waals surface area contributed by atoms with E-state index in [9.17, 15) is 4.79 Å². The minimum absolute atomic E-state index is 0.0631. The number of fused-ring (bicyclic) bond motifs is 1. The minimum Gasteiger partial charge on any atom is -0.490 e. The van der Waals surface area contributed by atoms with E-state index in [1.165, 1.54) is 4.90 Å². The number of aromatic nitrogens is 1. The van der Waals surface area contributed by atoms with Gasteiger partial charge in [-0.1, -0.05) is 24.3 Å². The first kappa shape index (κ1) is 17.3. The van der Waals surface area contributed by atoms with Crippen LogP contribution in [0.1, 0.15) is 18.4 Å². The molecule has 1 saturated heterocycles. The topological polar surface area (TPSA) is 62.7 Å². The summed E-state index contributed by atoms with van der Waals surface area (Å²) in [7, 11) is 0. The van der Waals surface area contributed by atoms with Crippen LogP contribution in [0.15, 0.2) is 54.7 Å². The normalized spacial score (nSPS) is 15.1. The van der Waals surface area contributed by atoms with Gasteiger partial charge in [0.15, 0.2) is 0 Å². The van der Waals surface area contributed by atoms with E-state index in [0.29, 0.717) is 13.1 Å². The Balaban J connectivity index is 1.50. The summed E-state index contributed by atoms with van der Waals surface area (Å²) in [5.41, 5.74) is 4.35. The van der Waals surface area contributed by atoms with Crippen LogP contribution >= 0.6 is 0 Å². The third-order valence-electron chi connectivity index (χ3n) is 5.11. The summed E-state index contributed by atoms with van der Waals surface area (Å²) in [4.78, 5) is 17.0. The van der Waals surface area contributed by atoms with Gasteiger partial charge in [0, 0.05) is 43.1 Å². The van der Waals surface area contributed by atoms with Crippen molar-refractivity contribution in [3.63, 3.8) is 0 Å². The molecule has 27 heavy (non-hydrogen) atoms. The Morgan fingerprint density at radius 2 is 1.93 bits per heavy atom. The molecule has 5 heteroatoms. The van der Waals surface area contributed by atoms with E-state index >= 15 is 0 Å². The van der Waals surface area contributed by atoms with Gasteiger partial charge in [0.25, 0.3) is 0 Å². The van der Waals surface area contributed by atoms with E-state index < -0.39 is 6.09 Å². The summed E-state index contributed by atoms with van der Waals surface area (Å²) in [6, 6.07) is 16.4. The van der Waals surface area contributed by atoms with Gasteiger partial charge in [0.05, 0.1) is 5.52 Å². The van der Waals surface area contributed by atoms with Crippen molar-refractivity contribution in [1.82, 2.24) is 9.88 Å². The Kier molecular flexibility index (Phi) is 4.67. The predicted octanol–water partition coefficient (Wildman–Crippen LogP) is 4.73. The number of hydrogen-bond donors (Lipinski definition) is 1. The van der Waals surface area contributed by atoms with Gasteiger partial charge in [-0.2, -0.15) is 0 Å². The molecule has 0 saturated carbocycles. The molecule has 0 unspecified atom stereocenters. The molecule has 5 nitrogen and oxygen atoms in total. The lowest BCUT2D eigenvalue weighted by molar-refractivity contribution is 0.0894. The summed E-state index contributed by atoms with van der Waals surface area (Å²) >= 11 is 0. The van der Waals surface area contributed by atoms with Crippen molar-refractivity contribution in [2.45, 2.75) is 25.9 Å². The van der Waals surface area contributed by atoms with Gasteiger partial charge >= 0.3 is 6.09 Å². The van der Waals surface area contributed by atoms with Crippen LogP contribution in [0, 0.1) is 6.92 Å². The fourth-order valence-electron chi connectivity index (χ4n) is 3.61. The lowest BCUT2D eigenvalue weighted by Crippen LogP contribution is -2.41. The average Bonchev–Trinajstić information content (AvgIpc) is 2.68. The van der Waals surface area contributed by atoms with Gasteiger partial charge in [-0.25, -0.2) is 4.79 Å². The zero-order valence-electron chi connectivity index (χ0n) is 15.3. The number of hydrogen-bond acceptors (Lipinski definition) is 3.